The zero-order valence-electron chi connectivity index (χ0n) is 18.1. The van der Waals surface area contributed by atoms with Crippen LogP contribution in [0, 0.1) is 5.41 Å². The number of pyridine rings is 1. The smallest absolute Gasteiger partial charge is 0.193 e. The van der Waals surface area contributed by atoms with Crippen molar-refractivity contribution in [3.63, 3.8) is 0 Å². The molecule has 0 amide bonds. The first kappa shape index (κ1) is 20.9. The molecule has 1 aromatic heterocycles. The van der Waals surface area contributed by atoms with Gasteiger partial charge in [-0.2, -0.15) is 0 Å². The molecule has 3 rings (SSSR count). The standard InChI is InChI=1S/C22H37N5O/c1-5-8-22(3)9-6-11-27(17-22)21(23-4)25-15-19-7-10-24-20(14-19)26-12-13-28-18(2)16-26/h7,10,14,18H,5-6,8-9,11-13,15-17H2,1-4H3,(H,23,25). The molecule has 0 radical (unpaired) electrons. The van der Waals surface area contributed by atoms with Crippen molar-refractivity contribution in [1.82, 2.24) is 15.2 Å². The number of likely N-dealkylation sites (tertiary alicyclic amines) is 1. The molecule has 0 saturated carbocycles. The first-order chi connectivity index (χ1) is 13.5. The summed E-state index contributed by atoms with van der Waals surface area (Å²) in [6.45, 7) is 12.3. The van der Waals surface area contributed by atoms with Gasteiger partial charge < -0.3 is 19.9 Å². The van der Waals surface area contributed by atoms with E-state index >= 15 is 0 Å². The van der Waals surface area contributed by atoms with Gasteiger partial charge in [0, 0.05) is 46.0 Å². The molecule has 0 aromatic carbocycles. The topological polar surface area (TPSA) is 53.0 Å². The van der Waals surface area contributed by atoms with E-state index in [0.29, 0.717) is 5.41 Å². The fourth-order valence-corrected chi connectivity index (χ4v) is 4.59. The Labute approximate surface area is 170 Å². The lowest BCUT2D eigenvalue weighted by atomic mass is 9.78. The summed E-state index contributed by atoms with van der Waals surface area (Å²) in [6.07, 6.45) is 7.26. The summed E-state index contributed by atoms with van der Waals surface area (Å²) in [7, 11) is 1.89. The van der Waals surface area contributed by atoms with Crippen molar-refractivity contribution in [2.24, 2.45) is 10.4 Å². The molecule has 1 N–H and O–H groups in total. The number of hydrogen-bond donors (Lipinski definition) is 1. The van der Waals surface area contributed by atoms with Gasteiger partial charge in [-0.25, -0.2) is 4.98 Å². The third kappa shape index (κ3) is 5.37. The highest BCUT2D eigenvalue weighted by atomic mass is 16.5. The minimum atomic E-state index is 0.257. The van der Waals surface area contributed by atoms with E-state index in [0.717, 1.165) is 51.1 Å². The minimum Gasteiger partial charge on any atom is -0.375 e. The number of nitrogens with zero attached hydrogens (tertiary/aromatic N) is 4. The van der Waals surface area contributed by atoms with E-state index in [4.69, 9.17) is 4.74 Å². The number of aliphatic imine (C=N–C) groups is 1. The monoisotopic (exact) mass is 387 g/mol. The van der Waals surface area contributed by atoms with E-state index in [-0.39, 0.29) is 6.10 Å². The van der Waals surface area contributed by atoms with Gasteiger partial charge in [0.15, 0.2) is 5.96 Å². The third-order valence-corrected chi connectivity index (χ3v) is 5.97. The van der Waals surface area contributed by atoms with Crippen molar-refractivity contribution in [1.29, 1.82) is 0 Å². The Bertz CT molecular complexity index is 660. The maximum Gasteiger partial charge on any atom is 0.193 e. The van der Waals surface area contributed by atoms with E-state index in [9.17, 15) is 0 Å². The number of anilines is 1. The molecule has 2 fully saturated rings. The van der Waals surface area contributed by atoms with Crippen LogP contribution in [0.5, 0.6) is 0 Å². The molecular formula is C22H37N5O. The summed E-state index contributed by atoms with van der Waals surface area (Å²) >= 11 is 0. The number of aromatic nitrogens is 1. The molecule has 6 nitrogen and oxygen atoms in total. The number of guanidine groups is 1. The Hall–Kier alpha value is -1.82. The molecule has 2 saturated heterocycles. The molecule has 2 aliphatic heterocycles. The van der Waals surface area contributed by atoms with Crippen LogP contribution in [0.15, 0.2) is 23.3 Å². The fourth-order valence-electron chi connectivity index (χ4n) is 4.59. The lowest BCUT2D eigenvalue weighted by Gasteiger charge is -2.42. The molecule has 1 aromatic rings. The van der Waals surface area contributed by atoms with Crippen LogP contribution >= 0.6 is 0 Å². The summed E-state index contributed by atoms with van der Waals surface area (Å²) in [6, 6.07) is 4.28. The summed E-state index contributed by atoms with van der Waals surface area (Å²) in [5.74, 6) is 2.05. The molecular weight excluding hydrogens is 350 g/mol. The van der Waals surface area contributed by atoms with E-state index in [1.807, 2.05) is 13.2 Å². The molecule has 0 spiro atoms. The van der Waals surface area contributed by atoms with Gasteiger partial charge >= 0.3 is 0 Å². The molecule has 3 heterocycles. The average molecular weight is 388 g/mol. The molecule has 2 aliphatic rings. The Morgan fingerprint density at radius 3 is 3.04 bits per heavy atom. The van der Waals surface area contributed by atoms with Crippen LogP contribution in [0.3, 0.4) is 0 Å². The van der Waals surface area contributed by atoms with Crippen molar-refractivity contribution in [2.45, 2.75) is 59.1 Å². The van der Waals surface area contributed by atoms with Crippen molar-refractivity contribution in [3.8, 4) is 0 Å². The SMILES string of the molecule is CCCC1(C)CCCN(C(=NC)NCc2ccnc(N3CCOC(C)C3)c2)C1. The van der Waals surface area contributed by atoms with E-state index in [1.165, 1.54) is 31.2 Å². The first-order valence-corrected chi connectivity index (χ1v) is 10.8. The highest BCUT2D eigenvalue weighted by Gasteiger charge is 2.31. The highest BCUT2D eigenvalue weighted by molar-refractivity contribution is 5.80. The number of nitrogens with one attached hydrogen (secondary N) is 1. The maximum absolute atomic E-state index is 5.65. The zero-order valence-corrected chi connectivity index (χ0v) is 18.1. The van der Waals surface area contributed by atoms with Crippen LogP contribution in [0.4, 0.5) is 5.82 Å². The largest absolute Gasteiger partial charge is 0.375 e. The molecule has 6 heteroatoms. The van der Waals surface area contributed by atoms with Crippen LogP contribution < -0.4 is 10.2 Å². The van der Waals surface area contributed by atoms with Gasteiger partial charge in [-0.05, 0) is 49.3 Å². The quantitative estimate of drug-likeness (QED) is 0.621. The molecule has 2 atom stereocenters. The fraction of sp³-hybridized carbons (Fsp3) is 0.727. The lowest BCUT2D eigenvalue weighted by molar-refractivity contribution is 0.0529. The van der Waals surface area contributed by atoms with Crippen molar-refractivity contribution in [3.05, 3.63) is 23.9 Å². The van der Waals surface area contributed by atoms with Gasteiger partial charge in [0.2, 0.25) is 0 Å². The minimum absolute atomic E-state index is 0.257. The summed E-state index contributed by atoms with van der Waals surface area (Å²) in [5, 5.41) is 3.58. The van der Waals surface area contributed by atoms with Gasteiger partial charge in [0.1, 0.15) is 5.82 Å². The number of ether oxygens (including phenoxy) is 1. The van der Waals surface area contributed by atoms with Gasteiger partial charge in [-0.3, -0.25) is 4.99 Å². The van der Waals surface area contributed by atoms with Crippen molar-refractivity contribution >= 4 is 11.8 Å². The van der Waals surface area contributed by atoms with Crippen LogP contribution in [-0.4, -0.2) is 61.8 Å². The average Bonchev–Trinajstić information content (AvgIpc) is 2.69. The van der Waals surface area contributed by atoms with E-state index in [2.05, 4.69) is 58.0 Å². The predicted molar refractivity (Wildman–Crippen MR) is 116 cm³/mol. The van der Waals surface area contributed by atoms with E-state index in [1.54, 1.807) is 0 Å². The normalized spacial score (nSPS) is 26.4. The third-order valence-electron chi connectivity index (χ3n) is 5.97. The van der Waals surface area contributed by atoms with Gasteiger partial charge in [0.05, 0.1) is 12.7 Å². The molecule has 0 aliphatic carbocycles. The number of hydrogen-bond acceptors (Lipinski definition) is 4. The number of rotatable bonds is 5. The van der Waals surface area contributed by atoms with Crippen molar-refractivity contribution < 1.29 is 4.74 Å². The van der Waals surface area contributed by atoms with E-state index < -0.39 is 0 Å². The summed E-state index contributed by atoms with van der Waals surface area (Å²) in [5.41, 5.74) is 1.64. The highest BCUT2D eigenvalue weighted by Crippen LogP contribution is 2.33. The first-order valence-electron chi connectivity index (χ1n) is 10.8. The van der Waals surface area contributed by atoms with Gasteiger partial charge in [-0.1, -0.05) is 20.3 Å². The predicted octanol–water partition coefficient (Wildman–Crippen LogP) is 3.28. The molecule has 28 heavy (non-hydrogen) atoms. The Morgan fingerprint density at radius 1 is 1.43 bits per heavy atom. The van der Waals surface area contributed by atoms with Gasteiger partial charge in [0.25, 0.3) is 0 Å². The number of piperidine rings is 1. The van der Waals surface area contributed by atoms with Crippen LogP contribution in [0.25, 0.3) is 0 Å². The Balaban J connectivity index is 1.60. The maximum atomic E-state index is 5.65. The van der Waals surface area contributed by atoms with Crippen molar-refractivity contribution in [2.75, 3.05) is 44.7 Å². The number of morpholine rings is 1. The summed E-state index contributed by atoms with van der Waals surface area (Å²) < 4.78 is 5.65. The van der Waals surface area contributed by atoms with Gasteiger partial charge in [-0.15, -0.1) is 0 Å². The molecule has 2 unspecified atom stereocenters. The Morgan fingerprint density at radius 2 is 2.29 bits per heavy atom. The second kappa shape index (κ2) is 9.59. The molecule has 0 bridgehead atoms. The summed E-state index contributed by atoms with van der Waals surface area (Å²) in [4.78, 5) is 13.9. The second-order valence-electron chi connectivity index (χ2n) is 8.64. The van der Waals surface area contributed by atoms with Crippen LogP contribution in [-0.2, 0) is 11.3 Å². The molecule has 156 valence electrons. The lowest BCUT2D eigenvalue weighted by Crippen LogP contribution is -2.49. The van der Waals surface area contributed by atoms with Crippen LogP contribution in [0.2, 0.25) is 0 Å². The zero-order chi connectivity index (χ0) is 20.0. The second-order valence-corrected chi connectivity index (χ2v) is 8.64. The van der Waals surface area contributed by atoms with Crippen LogP contribution in [0.1, 0.15) is 52.0 Å². The Kier molecular flexibility index (Phi) is 7.16.